The number of hydrogen-bond acceptors (Lipinski definition) is 3. The quantitative estimate of drug-likeness (QED) is 0.752. The molecule has 0 bridgehead atoms. The summed E-state index contributed by atoms with van der Waals surface area (Å²) < 4.78 is 0. The van der Waals surface area contributed by atoms with Gasteiger partial charge in [-0.1, -0.05) is 25.7 Å². The van der Waals surface area contributed by atoms with Crippen molar-refractivity contribution >= 4 is 0 Å². The minimum atomic E-state index is -0.187. The van der Waals surface area contributed by atoms with Crippen LogP contribution in [-0.2, 0) is 0 Å². The molecule has 2 N–H and O–H groups in total. The zero-order chi connectivity index (χ0) is 11.5. The Bertz CT molecular complexity index is 200. The van der Waals surface area contributed by atoms with E-state index in [2.05, 4.69) is 11.9 Å². The predicted octanol–water partition coefficient (Wildman–Crippen LogP) is 1.53. The molecule has 16 heavy (non-hydrogen) atoms. The summed E-state index contributed by atoms with van der Waals surface area (Å²) in [7, 11) is 2.08. The van der Waals surface area contributed by atoms with E-state index in [0.29, 0.717) is 0 Å². The molecule has 0 aromatic carbocycles. The van der Waals surface area contributed by atoms with Crippen molar-refractivity contribution in [2.75, 3.05) is 7.05 Å². The fraction of sp³-hybridized carbons (Fsp3) is 1.00. The molecule has 0 aliphatic heterocycles. The van der Waals surface area contributed by atoms with Crippen molar-refractivity contribution < 1.29 is 10.2 Å². The molecule has 2 aliphatic rings. The molecular formula is C13H25NO2. The third kappa shape index (κ3) is 2.58. The van der Waals surface area contributed by atoms with E-state index in [1.807, 2.05) is 0 Å². The largest absolute Gasteiger partial charge is 0.391 e. The maximum absolute atomic E-state index is 10.0. The summed E-state index contributed by atoms with van der Waals surface area (Å²) >= 11 is 0. The molecule has 3 heteroatoms. The summed E-state index contributed by atoms with van der Waals surface area (Å²) in [4.78, 5) is 2.26. The predicted molar refractivity (Wildman–Crippen MR) is 64.3 cm³/mol. The second-order valence-corrected chi connectivity index (χ2v) is 5.50. The summed E-state index contributed by atoms with van der Waals surface area (Å²) in [5.74, 6) is 0. The molecule has 0 heterocycles. The van der Waals surface area contributed by atoms with E-state index in [-0.39, 0.29) is 24.3 Å². The van der Waals surface area contributed by atoms with E-state index >= 15 is 0 Å². The highest BCUT2D eigenvalue weighted by molar-refractivity contribution is 4.89. The Kier molecular flexibility index (Phi) is 4.22. The Morgan fingerprint density at radius 3 is 1.50 bits per heavy atom. The maximum Gasteiger partial charge on any atom is 0.0695 e. The highest BCUT2D eigenvalue weighted by Gasteiger charge is 2.34. The van der Waals surface area contributed by atoms with Gasteiger partial charge in [-0.15, -0.1) is 0 Å². The van der Waals surface area contributed by atoms with Crippen LogP contribution in [0.2, 0.25) is 0 Å². The normalized spacial score (nSPS) is 41.2. The number of aliphatic hydroxyl groups is 2. The number of rotatable bonds is 2. The van der Waals surface area contributed by atoms with Gasteiger partial charge in [-0.3, -0.25) is 4.90 Å². The molecular weight excluding hydrogens is 202 g/mol. The molecule has 0 aromatic heterocycles. The Morgan fingerprint density at radius 2 is 1.12 bits per heavy atom. The SMILES string of the molecule is CN(C1CCCCC1O)[C@H]1CCCC[C@@H]1O. The molecule has 2 aliphatic carbocycles. The van der Waals surface area contributed by atoms with Crippen molar-refractivity contribution in [3.8, 4) is 0 Å². The molecule has 2 rings (SSSR count). The highest BCUT2D eigenvalue weighted by atomic mass is 16.3. The average Bonchev–Trinajstić information content (AvgIpc) is 2.29. The van der Waals surface area contributed by atoms with Crippen LogP contribution in [0.25, 0.3) is 0 Å². The lowest BCUT2D eigenvalue weighted by Gasteiger charge is -2.43. The van der Waals surface area contributed by atoms with Crippen LogP contribution in [0.5, 0.6) is 0 Å². The Morgan fingerprint density at radius 1 is 0.750 bits per heavy atom. The fourth-order valence-electron chi connectivity index (χ4n) is 3.38. The minimum absolute atomic E-state index is 0.187. The number of hydrogen-bond donors (Lipinski definition) is 2. The summed E-state index contributed by atoms with van der Waals surface area (Å²) in [6.45, 7) is 0. The lowest BCUT2D eigenvalue weighted by molar-refractivity contribution is -0.0371. The molecule has 0 spiro atoms. The minimum Gasteiger partial charge on any atom is -0.391 e. The smallest absolute Gasteiger partial charge is 0.0695 e. The van der Waals surface area contributed by atoms with Gasteiger partial charge in [0.2, 0.25) is 0 Å². The topological polar surface area (TPSA) is 43.7 Å². The monoisotopic (exact) mass is 227 g/mol. The molecule has 2 fully saturated rings. The number of aliphatic hydroxyl groups excluding tert-OH is 2. The van der Waals surface area contributed by atoms with Crippen molar-refractivity contribution in [3.05, 3.63) is 0 Å². The second-order valence-electron chi connectivity index (χ2n) is 5.50. The first-order valence-corrected chi connectivity index (χ1v) is 6.78. The zero-order valence-electron chi connectivity index (χ0n) is 10.3. The van der Waals surface area contributed by atoms with Gasteiger partial charge in [0.25, 0.3) is 0 Å². The van der Waals surface area contributed by atoms with E-state index in [1.165, 1.54) is 12.8 Å². The van der Waals surface area contributed by atoms with E-state index in [1.54, 1.807) is 0 Å². The van der Waals surface area contributed by atoms with Crippen molar-refractivity contribution in [2.24, 2.45) is 0 Å². The van der Waals surface area contributed by atoms with Crippen LogP contribution in [0, 0.1) is 0 Å². The molecule has 0 aromatic rings. The lowest BCUT2D eigenvalue weighted by atomic mass is 9.86. The molecule has 94 valence electrons. The number of nitrogens with zero attached hydrogens (tertiary/aromatic N) is 1. The van der Waals surface area contributed by atoms with Gasteiger partial charge in [0, 0.05) is 12.1 Å². The molecule has 0 amide bonds. The van der Waals surface area contributed by atoms with Gasteiger partial charge >= 0.3 is 0 Å². The summed E-state index contributed by atoms with van der Waals surface area (Å²) in [5.41, 5.74) is 0. The molecule has 2 unspecified atom stereocenters. The van der Waals surface area contributed by atoms with Crippen LogP contribution in [0.1, 0.15) is 51.4 Å². The van der Waals surface area contributed by atoms with E-state index < -0.39 is 0 Å². The van der Waals surface area contributed by atoms with E-state index in [9.17, 15) is 10.2 Å². The van der Waals surface area contributed by atoms with Gasteiger partial charge in [0.1, 0.15) is 0 Å². The fourth-order valence-corrected chi connectivity index (χ4v) is 3.38. The van der Waals surface area contributed by atoms with Gasteiger partial charge in [-0.05, 0) is 32.7 Å². The molecule has 0 radical (unpaired) electrons. The highest BCUT2D eigenvalue weighted by Crippen LogP contribution is 2.29. The summed E-state index contributed by atoms with van der Waals surface area (Å²) in [6.07, 6.45) is 8.39. The van der Waals surface area contributed by atoms with E-state index in [4.69, 9.17) is 0 Å². The van der Waals surface area contributed by atoms with Crippen LogP contribution < -0.4 is 0 Å². The van der Waals surface area contributed by atoms with Gasteiger partial charge in [0.15, 0.2) is 0 Å². The van der Waals surface area contributed by atoms with Gasteiger partial charge in [-0.2, -0.15) is 0 Å². The first-order chi connectivity index (χ1) is 7.70. The third-order valence-corrected chi connectivity index (χ3v) is 4.43. The average molecular weight is 227 g/mol. The summed E-state index contributed by atoms with van der Waals surface area (Å²) in [6, 6.07) is 0.540. The van der Waals surface area contributed by atoms with Gasteiger partial charge in [0.05, 0.1) is 12.2 Å². The van der Waals surface area contributed by atoms with Crippen molar-refractivity contribution in [1.29, 1.82) is 0 Å². The molecule has 4 atom stereocenters. The van der Waals surface area contributed by atoms with Crippen molar-refractivity contribution in [2.45, 2.75) is 75.7 Å². The first-order valence-electron chi connectivity index (χ1n) is 6.78. The second kappa shape index (κ2) is 5.48. The zero-order valence-corrected chi connectivity index (χ0v) is 10.3. The van der Waals surface area contributed by atoms with Crippen LogP contribution in [0.3, 0.4) is 0 Å². The first kappa shape index (κ1) is 12.3. The summed E-state index contributed by atoms with van der Waals surface area (Å²) in [5, 5.41) is 20.1. The van der Waals surface area contributed by atoms with Crippen molar-refractivity contribution in [3.63, 3.8) is 0 Å². The molecule has 0 saturated heterocycles. The van der Waals surface area contributed by atoms with E-state index in [0.717, 1.165) is 38.5 Å². The van der Waals surface area contributed by atoms with Crippen LogP contribution in [-0.4, -0.2) is 46.5 Å². The third-order valence-electron chi connectivity index (χ3n) is 4.43. The number of likely N-dealkylation sites (N-methyl/N-ethyl adjacent to an activating group) is 1. The lowest BCUT2D eigenvalue weighted by Crippen LogP contribution is -2.53. The Balaban J connectivity index is 1.96. The maximum atomic E-state index is 10.0. The van der Waals surface area contributed by atoms with Crippen LogP contribution in [0.15, 0.2) is 0 Å². The Labute approximate surface area is 98.5 Å². The van der Waals surface area contributed by atoms with Crippen LogP contribution >= 0.6 is 0 Å². The standard InChI is InChI=1S/C13H25NO2/c1-14(10-6-2-4-8-12(10)15)11-7-3-5-9-13(11)16/h10-13,15-16H,2-9H2,1H3/t10-,11?,12-,13?/m0/s1. The van der Waals surface area contributed by atoms with Gasteiger partial charge in [-0.25, -0.2) is 0 Å². The van der Waals surface area contributed by atoms with Crippen LogP contribution in [0.4, 0.5) is 0 Å². The van der Waals surface area contributed by atoms with Crippen molar-refractivity contribution in [1.82, 2.24) is 4.90 Å². The Hall–Kier alpha value is -0.120. The molecule has 3 nitrogen and oxygen atoms in total. The van der Waals surface area contributed by atoms with Gasteiger partial charge < -0.3 is 10.2 Å². The molecule has 2 saturated carbocycles.